The molecule has 3 nitrogen and oxygen atoms in total. The molecule has 1 rings (SSSR count). The van der Waals surface area contributed by atoms with Crippen LogP contribution in [0.5, 0.6) is 11.5 Å². The van der Waals surface area contributed by atoms with Gasteiger partial charge in [0.1, 0.15) is 11.5 Å². The standard InChI is InChI=1S/C10H15NO2.2C2H6/c1-11-7-8-4-5-9(12-2)6-10(8)13-3;2*1-2/h4-6,11H,7H2,1-3H3;2*1-2H3. The van der Waals surface area contributed by atoms with Crippen molar-refractivity contribution < 1.29 is 9.47 Å². The van der Waals surface area contributed by atoms with E-state index < -0.39 is 0 Å². The number of ether oxygens (including phenoxy) is 2. The van der Waals surface area contributed by atoms with Crippen molar-refractivity contribution in [3.05, 3.63) is 23.8 Å². The normalized spacial score (nSPS) is 8.18. The van der Waals surface area contributed by atoms with E-state index in [-0.39, 0.29) is 0 Å². The Morgan fingerprint density at radius 3 is 2.00 bits per heavy atom. The number of hydrogen-bond donors (Lipinski definition) is 1. The maximum absolute atomic E-state index is 5.22. The summed E-state index contributed by atoms with van der Waals surface area (Å²) in [6.07, 6.45) is 0. The molecule has 0 saturated heterocycles. The molecule has 1 aromatic rings. The fourth-order valence-corrected chi connectivity index (χ4v) is 1.19. The van der Waals surface area contributed by atoms with E-state index in [0.29, 0.717) is 0 Å². The SMILES string of the molecule is CC.CC.CNCc1ccc(OC)cc1OC. The smallest absolute Gasteiger partial charge is 0.127 e. The highest BCUT2D eigenvalue weighted by atomic mass is 16.5. The van der Waals surface area contributed by atoms with Crippen LogP contribution in [0.4, 0.5) is 0 Å². The summed E-state index contributed by atoms with van der Waals surface area (Å²) >= 11 is 0. The number of hydrogen-bond acceptors (Lipinski definition) is 3. The average Bonchev–Trinajstić information content (AvgIpc) is 2.44. The number of nitrogens with one attached hydrogen (secondary N) is 1. The Kier molecular flexibility index (Phi) is 13.7. The predicted octanol–water partition coefficient (Wildman–Crippen LogP) is 3.48. The van der Waals surface area contributed by atoms with Gasteiger partial charge in [0.15, 0.2) is 0 Å². The molecule has 1 aromatic carbocycles. The lowest BCUT2D eigenvalue weighted by molar-refractivity contribution is 0.390. The molecule has 0 heterocycles. The van der Waals surface area contributed by atoms with Crippen molar-refractivity contribution in [2.45, 2.75) is 34.2 Å². The Labute approximate surface area is 106 Å². The first-order chi connectivity index (χ1) is 8.31. The molecule has 0 fully saturated rings. The molecule has 0 atom stereocenters. The topological polar surface area (TPSA) is 30.5 Å². The van der Waals surface area contributed by atoms with Gasteiger partial charge >= 0.3 is 0 Å². The van der Waals surface area contributed by atoms with E-state index in [2.05, 4.69) is 5.32 Å². The zero-order valence-corrected chi connectivity index (χ0v) is 12.3. The summed E-state index contributed by atoms with van der Waals surface area (Å²) in [5.74, 6) is 1.67. The summed E-state index contributed by atoms with van der Waals surface area (Å²) in [7, 11) is 5.21. The van der Waals surface area contributed by atoms with Crippen molar-refractivity contribution in [2.75, 3.05) is 21.3 Å². The minimum atomic E-state index is 0.799. The minimum absolute atomic E-state index is 0.799. The fourth-order valence-electron chi connectivity index (χ4n) is 1.19. The van der Waals surface area contributed by atoms with Crippen LogP contribution in [0, 0.1) is 0 Å². The van der Waals surface area contributed by atoms with Crippen molar-refractivity contribution >= 4 is 0 Å². The van der Waals surface area contributed by atoms with E-state index in [1.54, 1.807) is 14.2 Å². The molecule has 0 bridgehead atoms. The van der Waals surface area contributed by atoms with Gasteiger partial charge in [-0.15, -0.1) is 0 Å². The van der Waals surface area contributed by atoms with Gasteiger partial charge in [-0.2, -0.15) is 0 Å². The van der Waals surface area contributed by atoms with Crippen LogP contribution in [0.25, 0.3) is 0 Å². The van der Waals surface area contributed by atoms with Crippen molar-refractivity contribution in [1.29, 1.82) is 0 Å². The summed E-state index contributed by atoms with van der Waals surface area (Å²) < 4.78 is 10.3. The third-order valence-corrected chi connectivity index (χ3v) is 1.86. The fraction of sp³-hybridized carbons (Fsp3) is 0.571. The number of methoxy groups -OCH3 is 2. The highest BCUT2D eigenvalue weighted by Crippen LogP contribution is 2.24. The number of rotatable bonds is 4. The molecule has 17 heavy (non-hydrogen) atoms. The van der Waals surface area contributed by atoms with Crippen LogP contribution in [0.2, 0.25) is 0 Å². The molecule has 1 N–H and O–H groups in total. The maximum atomic E-state index is 5.22. The second-order valence-electron chi connectivity index (χ2n) is 2.71. The minimum Gasteiger partial charge on any atom is -0.497 e. The third-order valence-electron chi connectivity index (χ3n) is 1.86. The summed E-state index contributed by atoms with van der Waals surface area (Å²) in [4.78, 5) is 0. The lowest BCUT2D eigenvalue weighted by Crippen LogP contribution is -2.06. The lowest BCUT2D eigenvalue weighted by atomic mass is 10.2. The quantitative estimate of drug-likeness (QED) is 0.875. The van der Waals surface area contributed by atoms with E-state index in [1.165, 1.54) is 0 Å². The molecule has 0 aliphatic rings. The Hall–Kier alpha value is -1.22. The van der Waals surface area contributed by atoms with Crippen LogP contribution in [0.3, 0.4) is 0 Å². The van der Waals surface area contributed by atoms with Crippen LogP contribution < -0.4 is 14.8 Å². The van der Waals surface area contributed by atoms with E-state index in [4.69, 9.17) is 9.47 Å². The second-order valence-corrected chi connectivity index (χ2v) is 2.71. The van der Waals surface area contributed by atoms with Gasteiger partial charge < -0.3 is 14.8 Å². The monoisotopic (exact) mass is 241 g/mol. The Morgan fingerprint density at radius 1 is 1.00 bits per heavy atom. The van der Waals surface area contributed by atoms with Crippen LogP contribution >= 0.6 is 0 Å². The van der Waals surface area contributed by atoms with Gasteiger partial charge in [0, 0.05) is 18.2 Å². The molecule has 0 saturated carbocycles. The van der Waals surface area contributed by atoms with Crippen molar-refractivity contribution in [3.63, 3.8) is 0 Å². The van der Waals surface area contributed by atoms with Crippen molar-refractivity contribution in [3.8, 4) is 11.5 Å². The number of benzene rings is 1. The molecule has 0 spiro atoms. The lowest BCUT2D eigenvalue weighted by Gasteiger charge is -2.09. The zero-order valence-electron chi connectivity index (χ0n) is 12.3. The first kappa shape index (κ1) is 18.2. The van der Waals surface area contributed by atoms with Gasteiger partial charge in [0.05, 0.1) is 14.2 Å². The van der Waals surface area contributed by atoms with Crippen LogP contribution in [-0.4, -0.2) is 21.3 Å². The van der Waals surface area contributed by atoms with Gasteiger partial charge in [0.25, 0.3) is 0 Å². The van der Waals surface area contributed by atoms with Crippen molar-refractivity contribution in [2.24, 2.45) is 0 Å². The second kappa shape index (κ2) is 12.8. The summed E-state index contributed by atoms with van der Waals surface area (Å²) in [5, 5.41) is 3.08. The van der Waals surface area contributed by atoms with E-state index in [9.17, 15) is 0 Å². The van der Waals surface area contributed by atoms with Gasteiger partial charge in [-0.3, -0.25) is 0 Å². The molecular formula is C14H27NO2. The van der Waals surface area contributed by atoms with Gasteiger partial charge in [-0.1, -0.05) is 33.8 Å². The van der Waals surface area contributed by atoms with Crippen LogP contribution in [0.15, 0.2) is 18.2 Å². The molecule has 3 heteroatoms. The van der Waals surface area contributed by atoms with E-state index in [1.807, 2.05) is 52.9 Å². The summed E-state index contributed by atoms with van der Waals surface area (Å²) in [5.41, 5.74) is 1.13. The van der Waals surface area contributed by atoms with E-state index >= 15 is 0 Å². The molecule has 100 valence electrons. The first-order valence-electron chi connectivity index (χ1n) is 6.17. The van der Waals surface area contributed by atoms with Gasteiger partial charge in [0.2, 0.25) is 0 Å². The molecule has 0 unspecified atom stereocenters. The highest BCUT2D eigenvalue weighted by Gasteiger charge is 2.02. The summed E-state index contributed by atoms with van der Waals surface area (Å²) in [6.45, 7) is 8.80. The van der Waals surface area contributed by atoms with Crippen LogP contribution in [-0.2, 0) is 6.54 Å². The summed E-state index contributed by atoms with van der Waals surface area (Å²) in [6, 6.07) is 5.80. The first-order valence-corrected chi connectivity index (χ1v) is 6.17. The van der Waals surface area contributed by atoms with Crippen molar-refractivity contribution in [1.82, 2.24) is 5.32 Å². The molecular weight excluding hydrogens is 214 g/mol. The largest absolute Gasteiger partial charge is 0.497 e. The average molecular weight is 241 g/mol. The Morgan fingerprint density at radius 2 is 1.59 bits per heavy atom. The van der Waals surface area contributed by atoms with Crippen LogP contribution in [0.1, 0.15) is 33.3 Å². The molecule has 0 aromatic heterocycles. The molecule has 0 aliphatic heterocycles. The molecule has 0 radical (unpaired) electrons. The zero-order chi connectivity index (χ0) is 13.7. The molecule has 0 amide bonds. The third kappa shape index (κ3) is 6.84. The molecule has 0 aliphatic carbocycles. The maximum Gasteiger partial charge on any atom is 0.127 e. The van der Waals surface area contributed by atoms with Gasteiger partial charge in [-0.05, 0) is 13.1 Å². The predicted molar refractivity (Wildman–Crippen MR) is 75.0 cm³/mol. The Bertz CT molecular complexity index is 275. The Balaban J connectivity index is 0. The van der Waals surface area contributed by atoms with Gasteiger partial charge in [-0.25, -0.2) is 0 Å². The highest BCUT2D eigenvalue weighted by molar-refractivity contribution is 5.40. The van der Waals surface area contributed by atoms with E-state index in [0.717, 1.165) is 23.6 Å².